The number of methoxy groups -OCH3 is 2. The lowest BCUT2D eigenvalue weighted by Crippen LogP contribution is -2.39. The summed E-state index contributed by atoms with van der Waals surface area (Å²) < 4.78 is 16.6. The molecule has 0 aliphatic carbocycles. The van der Waals surface area contributed by atoms with Crippen molar-refractivity contribution in [1.82, 2.24) is 20.2 Å². The zero-order valence-electron chi connectivity index (χ0n) is 26.6. The maximum absolute atomic E-state index is 13.0. The standard InChI is InChI=1S/C34H40N6O6/c1-39(2)33(43)24-9-10-25(28(17-24)46-16-15-41)22-5-7-23(8-6-22)32(42)36-20-21-11-13-40(14-12-21)34-37-27-19-30(45-4)29(44-3)18-26(27)31(35)38-34/h5-10,17-19,21,41H,11-16,20H2,1-4H3,(H,36,42)(H2,35,37,38). The average Bonchev–Trinajstić information content (AvgIpc) is 3.08. The summed E-state index contributed by atoms with van der Waals surface area (Å²) in [7, 11) is 6.52. The van der Waals surface area contributed by atoms with E-state index >= 15 is 0 Å². The molecule has 0 radical (unpaired) electrons. The molecule has 0 saturated carbocycles. The molecule has 12 nitrogen and oxygen atoms in total. The fourth-order valence-electron chi connectivity index (χ4n) is 5.51. The summed E-state index contributed by atoms with van der Waals surface area (Å²) in [5, 5.41) is 13.1. The molecule has 1 aliphatic rings. The molecule has 12 heteroatoms. The molecule has 242 valence electrons. The molecule has 46 heavy (non-hydrogen) atoms. The van der Waals surface area contributed by atoms with Crippen molar-refractivity contribution in [1.29, 1.82) is 0 Å². The normalized spacial score (nSPS) is 13.4. The fourth-order valence-corrected chi connectivity index (χ4v) is 5.51. The minimum Gasteiger partial charge on any atom is -0.493 e. The van der Waals surface area contributed by atoms with E-state index in [0.29, 0.717) is 63.5 Å². The summed E-state index contributed by atoms with van der Waals surface area (Å²) in [4.78, 5) is 38.4. The molecule has 4 aromatic rings. The lowest BCUT2D eigenvalue weighted by atomic mass is 9.96. The number of nitrogens with one attached hydrogen (secondary N) is 1. The molecule has 2 heterocycles. The van der Waals surface area contributed by atoms with Crippen LogP contribution in [0.1, 0.15) is 33.6 Å². The van der Waals surface area contributed by atoms with E-state index in [0.717, 1.165) is 37.1 Å². The molecule has 0 atom stereocenters. The molecule has 5 rings (SSSR count). The van der Waals surface area contributed by atoms with E-state index in [9.17, 15) is 14.7 Å². The Morgan fingerprint density at radius 2 is 1.63 bits per heavy atom. The molecule has 1 fully saturated rings. The van der Waals surface area contributed by atoms with Gasteiger partial charge < -0.3 is 40.2 Å². The van der Waals surface area contributed by atoms with Crippen LogP contribution in [0.4, 0.5) is 11.8 Å². The van der Waals surface area contributed by atoms with Crippen molar-refractivity contribution >= 4 is 34.5 Å². The number of amides is 2. The monoisotopic (exact) mass is 628 g/mol. The summed E-state index contributed by atoms with van der Waals surface area (Å²) in [6, 6.07) is 16.1. The van der Waals surface area contributed by atoms with Crippen LogP contribution in [0.3, 0.4) is 0 Å². The van der Waals surface area contributed by atoms with E-state index in [1.54, 1.807) is 64.7 Å². The number of nitrogens with two attached hydrogens (primary N) is 1. The molecule has 0 bridgehead atoms. The van der Waals surface area contributed by atoms with E-state index in [2.05, 4.69) is 15.2 Å². The number of aromatic nitrogens is 2. The Balaban J connectivity index is 1.18. The first kappa shape index (κ1) is 32.3. The molecule has 1 saturated heterocycles. The number of hydrogen-bond acceptors (Lipinski definition) is 10. The third-order valence-electron chi connectivity index (χ3n) is 8.11. The van der Waals surface area contributed by atoms with Crippen LogP contribution in [0.2, 0.25) is 0 Å². The van der Waals surface area contributed by atoms with Gasteiger partial charge in [0, 0.05) is 61.9 Å². The molecule has 3 aromatic carbocycles. The van der Waals surface area contributed by atoms with Gasteiger partial charge in [-0.25, -0.2) is 4.98 Å². The average molecular weight is 629 g/mol. The van der Waals surface area contributed by atoms with Crippen LogP contribution in [0.15, 0.2) is 54.6 Å². The third kappa shape index (κ3) is 7.07. The Kier molecular flexibility index (Phi) is 10.1. The van der Waals surface area contributed by atoms with Gasteiger partial charge in [-0.15, -0.1) is 0 Å². The maximum atomic E-state index is 13.0. The lowest BCUT2D eigenvalue weighted by Gasteiger charge is -2.32. The van der Waals surface area contributed by atoms with Crippen molar-refractivity contribution in [2.24, 2.45) is 5.92 Å². The zero-order chi connectivity index (χ0) is 32.8. The number of rotatable bonds is 11. The van der Waals surface area contributed by atoms with Crippen molar-refractivity contribution < 1.29 is 28.9 Å². The van der Waals surface area contributed by atoms with Gasteiger partial charge in [-0.2, -0.15) is 4.98 Å². The Morgan fingerprint density at radius 3 is 2.28 bits per heavy atom. The second-order valence-electron chi connectivity index (χ2n) is 11.3. The fraction of sp³-hybridized carbons (Fsp3) is 0.353. The van der Waals surface area contributed by atoms with Crippen molar-refractivity contribution in [2.45, 2.75) is 12.8 Å². The SMILES string of the molecule is COc1cc2nc(N3CCC(CNC(=O)c4ccc(-c5ccc(C(=O)N(C)C)cc5OCCO)cc4)CC3)nc(N)c2cc1OC. The number of carbonyl (C=O) groups excluding carboxylic acids is 2. The Hall–Kier alpha value is -5.10. The van der Waals surface area contributed by atoms with Crippen LogP contribution in [0.5, 0.6) is 17.2 Å². The first-order valence-corrected chi connectivity index (χ1v) is 15.1. The van der Waals surface area contributed by atoms with E-state index in [4.69, 9.17) is 24.9 Å². The van der Waals surface area contributed by atoms with Gasteiger partial charge in [0.15, 0.2) is 11.5 Å². The van der Waals surface area contributed by atoms with Crippen LogP contribution in [-0.2, 0) is 0 Å². The van der Waals surface area contributed by atoms with Crippen LogP contribution < -0.4 is 30.2 Å². The number of benzene rings is 3. The summed E-state index contributed by atoms with van der Waals surface area (Å²) in [6.07, 6.45) is 1.74. The topological polar surface area (TPSA) is 152 Å². The number of anilines is 2. The van der Waals surface area contributed by atoms with Crippen molar-refractivity contribution in [2.75, 3.05) is 71.8 Å². The van der Waals surface area contributed by atoms with Crippen molar-refractivity contribution in [3.8, 4) is 28.4 Å². The van der Waals surface area contributed by atoms with Gasteiger partial charge in [0.1, 0.15) is 18.2 Å². The van der Waals surface area contributed by atoms with E-state index in [-0.39, 0.29) is 25.0 Å². The minimum atomic E-state index is -0.152. The number of carbonyl (C=O) groups is 2. The largest absolute Gasteiger partial charge is 0.493 e. The van der Waals surface area contributed by atoms with Crippen molar-refractivity contribution in [3.05, 3.63) is 65.7 Å². The summed E-state index contributed by atoms with van der Waals surface area (Å²) >= 11 is 0. The smallest absolute Gasteiger partial charge is 0.253 e. The summed E-state index contributed by atoms with van der Waals surface area (Å²) in [5.74, 6) is 2.61. The summed E-state index contributed by atoms with van der Waals surface area (Å²) in [6.45, 7) is 1.99. The first-order valence-electron chi connectivity index (χ1n) is 15.1. The first-order chi connectivity index (χ1) is 22.2. The highest BCUT2D eigenvalue weighted by Gasteiger charge is 2.23. The predicted molar refractivity (Wildman–Crippen MR) is 177 cm³/mol. The number of hydrogen-bond donors (Lipinski definition) is 3. The maximum Gasteiger partial charge on any atom is 0.253 e. The molecule has 1 aliphatic heterocycles. The number of ether oxygens (including phenoxy) is 3. The van der Waals surface area contributed by atoms with E-state index < -0.39 is 0 Å². The number of nitrogens with zero attached hydrogens (tertiary/aromatic N) is 4. The van der Waals surface area contributed by atoms with E-state index in [1.165, 1.54) is 4.90 Å². The van der Waals surface area contributed by atoms with Crippen LogP contribution in [0.25, 0.3) is 22.0 Å². The molecule has 0 unspecified atom stereocenters. The van der Waals surface area contributed by atoms with Gasteiger partial charge in [-0.3, -0.25) is 9.59 Å². The van der Waals surface area contributed by atoms with Gasteiger partial charge >= 0.3 is 0 Å². The molecule has 2 amide bonds. The van der Waals surface area contributed by atoms with Crippen LogP contribution in [0, 0.1) is 5.92 Å². The quantitative estimate of drug-likeness (QED) is 0.225. The highest BCUT2D eigenvalue weighted by atomic mass is 16.5. The number of nitrogen functional groups attached to an aromatic ring is 1. The molecule has 1 aromatic heterocycles. The van der Waals surface area contributed by atoms with Crippen LogP contribution >= 0.6 is 0 Å². The van der Waals surface area contributed by atoms with Crippen molar-refractivity contribution in [3.63, 3.8) is 0 Å². The minimum absolute atomic E-state index is 0.0975. The number of aliphatic hydroxyl groups excluding tert-OH is 1. The molecule has 4 N–H and O–H groups in total. The van der Waals surface area contributed by atoms with Gasteiger partial charge in [0.05, 0.1) is 26.3 Å². The lowest BCUT2D eigenvalue weighted by molar-refractivity contribution is 0.0826. The summed E-state index contributed by atoms with van der Waals surface area (Å²) in [5.41, 5.74) is 9.60. The number of aliphatic hydroxyl groups is 1. The van der Waals surface area contributed by atoms with Gasteiger partial charge in [-0.05, 0) is 60.7 Å². The second kappa shape index (κ2) is 14.3. The Labute approximate surface area is 268 Å². The third-order valence-corrected chi connectivity index (χ3v) is 8.11. The van der Waals surface area contributed by atoms with E-state index in [1.807, 2.05) is 18.2 Å². The van der Waals surface area contributed by atoms with Gasteiger partial charge in [0.2, 0.25) is 5.95 Å². The predicted octanol–water partition coefficient (Wildman–Crippen LogP) is 3.62. The highest BCUT2D eigenvalue weighted by molar-refractivity contribution is 5.96. The molecular weight excluding hydrogens is 588 g/mol. The number of piperidine rings is 1. The highest BCUT2D eigenvalue weighted by Crippen LogP contribution is 2.35. The van der Waals surface area contributed by atoms with Crippen LogP contribution in [-0.4, -0.2) is 93.0 Å². The van der Waals surface area contributed by atoms with Gasteiger partial charge in [-0.1, -0.05) is 12.1 Å². The zero-order valence-corrected chi connectivity index (χ0v) is 26.6. The number of fused-ring (bicyclic) bond motifs is 1. The molecular formula is C34H40N6O6. The second-order valence-corrected chi connectivity index (χ2v) is 11.3. The Morgan fingerprint density at radius 1 is 0.957 bits per heavy atom. The molecule has 0 spiro atoms. The Bertz CT molecular complexity index is 1700. The van der Waals surface area contributed by atoms with Gasteiger partial charge in [0.25, 0.3) is 11.8 Å².